The minimum atomic E-state index is -0.169. The fraction of sp³-hybridized carbons (Fsp3) is 0.833. The summed E-state index contributed by atoms with van der Waals surface area (Å²) in [5.41, 5.74) is 0. The zero-order chi connectivity index (χ0) is 12.8. The molecule has 0 aliphatic carbocycles. The number of rotatable bonds is 3. The van der Waals surface area contributed by atoms with Crippen LogP contribution >= 0.6 is 0 Å². The second-order valence-corrected chi connectivity index (χ2v) is 4.58. The number of esters is 1. The van der Waals surface area contributed by atoms with Gasteiger partial charge in [0.1, 0.15) is 0 Å². The van der Waals surface area contributed by atoms with Crippen molar-refractivity contribution < 1.29 is 14.3 Å². The van der Waals surface area contributed by atoms with Crippen molar-refractivity contribution in [2.24, 2.45) is 5.92 Å². The van der Waals surface area contributed by atoms with E-state index in [-0.39, 0.29) is 17.8 Å². The molecule has 0 N–H and O–H groups in total. The van der Waals surface area contributed by atoms with E-state index < -0.39 is 0 Å². The van der Waals surface area contributed by atoms with Gasteiger partial charge in [0.2, 0.25) is 5.91 Å². The van der Waals surface area contributed by atoms with Gasteiger partial charge in [0.15, 0.2) is 0 Å². The third-order valence-corrected chi connectivity index (χ3v) is 3.17. The van der Waals surface area contributed by atoms with Gasteiger partial charge in [-0.05, 0) is 13.0 Å². The topological polar surface area (TPSA) is 49.9 Å². The fourth-order valence-corrected chi connectivity index (χ4v) is 2.13. The molecular weight excluding hydrogens is 220 g/mol. The molecule has 17 heavy (non-hydrogen) atoms. The van der Waals surface area contributed by atoms with E-state index in [0.29, 0.717) is 6.54 Å². The Morgan fingerprint density at radius 1 is 1.24 bits per heavy atom. The van der Waals surface area contributed by atoms with Crippen LogP contribution in [0.25, 0.3) is 0 Å². The molecule has 1 rings (SSSR count). The summed E-state index contributed by atoms with van der Waals surface area (Å²) in [6.45, 7) is 7.53. The van der Waals surface area contributed by atoms with Gasteiger partial charge in [-0.3, -0.25) is 9.59 Å². The van der Waals surface area contributed by atoms with Crippen LogP contribution in [0.3, 0.4) is 0 Å². The van der Waals surface area contributed by atoms with Crippen molar-refractivity contribution in [3.05, 3.63) is 0 Å². The first-order chi connectivity index (χ1) is 8.04. The highest BCUT2D eigenvalue weighted by molar-refractivity contribution is 5.73. The maximum atomic E-state index is 11.3. The number of methoxy groups -OCH3 is 1. The van der Waals surface area contributed by atoms with Gasteiger partial charge >= 0.3 is 5.97 Å². The van der Waals surface area contributed by atoms with Crippen LogP contribution in [0.4, 0.5) is 0 Å². The number of amides is 1. The molecule has 0 saturated carbocycles. The van der Waals surface area contributed by atoms with E-state index in [9.17, 15) is 9.59 Å². The Hall–Kier alpha value is -1.10. The minimum Gasteiger partial charge on any atom is -0.469 e. The summed E-state index contributed by atoms with van der Waals surface area (Å²) in [6, 6.07) is 0. The highest BCUT2D eigenvalue weighted by Gasteiger charge is 2.21. The van der Waals surface area contributed by atoms with Crippen LogP contribution in [-0.2, 0) is 14.3 Å². The normalized spacial score (nSPS) is 19.6. The third kappa shape index (κ3) is 4.34. The van der Waals surface area contributed by atoms with Gasteiger partial charge in [-0.15, -0.1) is 0 Å². The van der Waals surface area contributed by atoms with Crippen LogP contribution in [0.5, 0.6) is 0 Å². The molecule has 1 heterocycles. The second-order valence-electron chi connectivity index (χ2n) is 4.58. The van der Waals surface area contributed by atoms with Gasteiger partial charge in [-0.2, -0.15) is 0 Å². The number of ether oxygens (including phenoxy) is 1. The van der Waals surface area contributed by atoms with Crippen molar-refractivity contribution in [1.82, 2.24) is 9.80 Å². The molecule has 1 aliphatic rings. The molecule has 0 radical (unpaired) electrons. The Balaban J connectivity index is 2.41. The molecule has 1 fully saturated rings. The first-order valence-corrected chi connectivity index (χ1v) is 6.10. The summed E-state index contributed by atoms with van der Waals surface area (Å²) in [7, 11) is 1.42. The van der Waals surface area contributed by atoms with E-state index in [1.165, 1.54) is 7.11 Å². The number of hydrogen-bond donors (Lipinski definition) is 0. The lowest BCUT2D eigenvalue weighted by Gasteiger charge is -2.23. The van der Waals surface area contributed by atoms with Gasteiger partial charge in [0, 0.05) is 33.1 Å². The molecule has 1 amide bonds. The maximum Gasteiger partial charge on any atom is 0.309 e. The highest BCUT2D eigenvalue weighted by Crippen LogP contribution is 2.07. The Labute approximate surface area is 103 Å². The molecule has 1 unspecified atom stereocenters. The van der Waals surface area contributed by atoms with E-state index >= 15 is 0 Å². The Morgan fingerprint density at radius 3 is 2.53 bits per heavy atom. The van der Waals surface area contributed by atoms with Crippen LogP contribution in [0.15, 0.2) is 0 Å². The van der Waals surface area contributed by atoms with Gasteiger partial charge in [-0.25, -0.2) is 0 Å². The van der Waals surface area contributed by atoms with Crippen LogP contribution in [0.1, 0.15) is 20.3 Å². The van der Waals surface area contributed by atoms with Crippen LogP contribution in [0, 0.1) is 5.92 Å². The van der Waals surface area contributed by atoms with E-state index in [1.54, 1.807) is 6.92 Å². The Morgan fingerprint density at radius 2 is 1.94 bits per heavy atom. The van der Waals surface area contributed by atoms with Crippen molar-refractivity contribution in [3.8, 4) is 0 Å². The first kappa shape index (κ1) is 14.0. The maximum absolute atomic E-state index is 11.3. The van der Waals surface area contributed by atoms with Gasteiger partial charge < -0.3 is 14.5 Å². The predicted octanol–water partition coefficient (Wildman–Crippen LogP) is 0.350. The lowest BCUT2D eigenvalue weighted by molar-refractivity contribution is -0.145. The van der Waals surface area contributed by atoms with E-state index in [0.717, 1.165) is 32.6 Å². The molecule has 1 saturated heterocycles. The average Bonchev–Trinajstić information content (AvgIpc) is 2.53. The largest absolute Gasteiger partial charge is 0.469 e. The van der Waals surface area contributed by atoms with Crippen molar-refractivity contribution in [3.63, 3.8) is 0 Å². The number of carbonyl (C=O) groups is 2. The Kier molecular flexibility index (Phi) is 5.41. The molecule has 0 bridgehead atoms. The molecule has 1 aliphatic heterocycles. The molecule has 0 aromatic carbocycles. The molecule has 0 aromatic heterocycles. The zero-order valence-corrected chi connectivity index (χ0v) is 10.9. The smallest absolute Gasteiger partial charge is 0.309 e. The SMILES string of the molecule is COC(=O)C(C)CN1CCCN(C(C)=O)CC1. The van der Waals surface area contributed by atoms with Gasteiger partial charge in [-0.1, -0.05) is 6.92 Å². The molecule has 98 valence electrons. The molecule has 0 aromatic rings. The summed E-state index contributed by atoms with van der Waals surface area (Å²) < 4.78 is 4.71. The first-order valence-electron chi connectivity index (χ1n) is 6.10. The van der Waals surface area contributed by atoms with Crippen molar-refractivity contribution >= 4 is 11.9 Å². The highest BCUT2D eigenvalue weighted by atomic mass is 16.5. The summed E-state index contributed by atoms with van der Waals surface area (Å²) in [4.78, 5) is 26.7. The van der Waals surface area contributed by atoms with Crippen molar-refractivity contribution in [1.29, 1.82) is 0 Å². The number of carbonyl (C=O) groups excluding carboxylic acids is 2. The molecule has 1 atom stereocenters. The summed E-state index contributed by atoms with van der Waals surface area (Å²) in [6.07, 6.45) is 0.966. The van der Waals surface area contributed by atoms with Crippen LogP contribution in [-0.4, -0.2) is 61.5 Å². The zero-order valence-electron chi connectivity index (χ0n) is 10.9. The van der Waals surface area contributed by atoms with E-state index in [4.69, 9.17) is 4.74 Å². The average molecular weight is 242 g/mol. The second kappa shape index (κ2) is 6.59. The van der Waals surface area contributed by atoms with E-state index in [1.807, 2.05) is 11.8 Å². The number of nitrogens with zero attached hydrogens (tertiary/aromatic N) is 2. The lowest BCUT2D eigenvalue weighted by atomic mass is 10.1. The number of hydrogen-bond acceptors (Lipinski definition) is 4. The van der Waals surface area contributed by atoms with Gasteiger partial charge in [0.25, 0.3) is 0 Å². The quantitative estimate of drug-likeness (QED) is 0.670. The van der Waals surface area contributed by atoms with Crippen LogP contribution in [0.2, 0.25) is 0 Å². The Bertz CT molecular complexity index is 281. The van der Waals surface area contributed by atoms with Crippen LogP contribution < -0.4 is 0 Å². The van der Waals surface area contributed by atoms with Crippen molar-refractivity contribution in [2.45, 2.75) is 20.3 Å². The third-order valence-electron chi connectivity index (χ3n) is 3.17. The van der Waals surface area contributed by atoms with Crippen molar-refractivity contribution in [2.75, 3.05) is 39.8 Å². The molecule has 5 nitrogen and oxygen atoms in total. The minimum absolute atomic E-state index is 0.108. The summed E-state index contributed by atoms with van der Waals surface area (Å²) in [5.74, 6) is -0.144. The monoisotopic (exact) mass is 242 g/mol. The fourth-order valence-electron chi connectivity index (χ4n) is 2.13. The molecular formula is C12H22N2O3. The summed E-state index contributed by atoms with van der Waals surface area (Å²) >= 11 is 0. The lowest BCUT2D eigenvalue weighted by Crippen LogP contribution is -2.36. The van der Waals surface area contributed by atoms with E-state index in [2.05, 4.69) is 4.90 Å². The predicted molar refractivity (Wildman–Crippen MR) is 64.5 cm³/mol. The molecule has 0 spiro atoms. The summed E-state index contributed by atoms with van der Waals surface area (Å²) in [5, 5.41) is 0. The van der Waals surface area contributed by atoms with Gasteiger partial charge in [0.05, 0.1) is 13.0 Å². The standard InChI is InChI=1S/C12H22N2O3/c1-10(12(16)17-3)9-13-5-4-6-14(8-7-13)11(2)15/h10H,4-9H2,1-3H3. The molecule has 5 heteroatoms.